The second-order valence-electron chi connectivity index (χ2n) is 4.52. The van der Waals surface area contributed by atoms with E-state index in [4.69, 9.17) is 4.74 Å². The summed E-state index contributed by atoms with van der Waals surface area (Å²) in [6.45, 7) is 4.99. The van der Waals surface area contributed by atoms with Gasteiger partial charge in [-0.3, -0.25) is 4.98 Å². The van der Waals surface area contributed by atoms with Crippen molar-refractivity contribution in [3.05, 3.63) is 54.4 Å². The fourth-order valence-electron chi connectivity index (χ4n) is 1.88. The molecule has 100 valence electrons. The number of benzene rings is 1. The molecule has 2 aromatic rings. The maximum atomic E-state index is 5.63. The van der Waals surface area contributed by atoms with Gasteiger partial charge in [0.1, 0.15) is 5.75 Å². The summed E-state index contributed by atoms with van der Waals surface area (Å²) in [5.41, 5.74) is 2.28. The molecule has 0 aliphatic carbocycles. The lowest BCUT2D eigenvalue weighted by atomic mass is 10.1. The van der Waals surface area contributed by atoms with Gasteiger partial charge in [0.25, 0.3) is 0 Å². The lowest BCUT2D eigenvalue weighted by Crippen LogP contribution is -2.06. The van der Waals surface area contributed by atoms with Gasteiger partial charge >= 0.3 is 0 Å². The van der Waals surface area contributed by atoms with E-state index in [0.29, 0.717) is 0 Å². The third-order valence-corrected chi connectivity index (χ3v) is 2.90. The first kappa shape index (κ1) is 13.4. The van der Waals surface area contributed by atoms with E-state index in [2.05, 4.69) is 30.2 Å². The third-order valence-electron chi connectivity index (χ3n) is 2.90. The Morgan fingerprint density at radius 3 is 2.74 bits per heavy atom. The van der Waals surface area contributed by atoms with E-state index < -0.39 is 0 Å². The Balaban J connectivity index is 2.02. The number of aromatic nitrogens is 1. The highest BCUT2D eigenvalue weighted by molar-refractivity contribution is 5.49. The number of nitrogens with one attached hydrogen (secondary N) is 1. The fraction of sp³-hybridized carbons (Fsp3) is 0.312. The second-order valence-corrected chi connectivity index (χ2v) is 4.52. The van der Waals surface area contributed by atoms with Gasteiger partial charge in [-0.05, 0) is 43.2 Å². The molecule has 3 nitrogen and oxygen atoms in total. The molecule has 0 aliphatic rings. The largest absolute Gasteiger partial charge is 0.494 e. The Hall–Kier alpha value is -2.03. The number of nitrogens with zero attached hydrogens (tertiary/aromatic N) is 1. The van der Waals surface area contributed by atoms with Crippen molar-refractivity contribution in [3.8, 4) is 5.75 Å². The Bertz CT molecular complexity index is 499. The number of hydrogen-bond acceptors (Lipinski definition) is 3. The van der Waals surface area contributed by atoms with Crippen molar-refractivity contribution >= 4 is 5.69 Å². The van der Waals surface area contributed by atoms with Gasteiger partial charge in [0.2, 0.25) is 0 Å². The van der Waals surface area contributed by atoms with Crippen LogP contribution in [0.2, 0.25) is 0 Å². The fourth-order valence-corrected chi connectivity index (χ4v) is 1.88. The molecule has 0 radical (unpaired) electrons. The average Bonchev–Trinajstić information content (AvgIpc) is 2.46. The molecule has 0 aliphatic heterocycles. The van der Waals surface area contributed by atoms with E-state index in [1.807, 2.05) is 42.7 Å². The molecule has 1 aromatic carbocycles. The van der Waals surface area contributed by atoms with Crippen LogP contribution in [0.4, 0.5) is 5.69 Å². The molecular weight excluding hydrogens is 236 g/mol. The highest BCUT2D eigenvalue weighted by Crippen LogP contribution is 2.22. The van der Waals surface area contributed by atoms with Crippen LogP contribution >= 0.6 is 0 Å². The summed E-state index contributed by atoms with van der Waals surface area (Å²) in [5.74, 6) is 0.911. The van der Waals surface area contributed by atoms with Crippen LogP contribution in [0.5, 0.6) is 5.75 Å². The maximum Gasteiger partial charge on any atom is 0.121 e. The van der Waals surface area contributed by atoms with Crippen molar-refractivity contribution in [2.75, 3.05) is 11.9 Å². The summed E-state index contributed by atoms with van der Waals surface area (Å²) in [6.07, 6.45) is 4.65. The van der Waals surface area contributed by atoms with Gasteiger partial charge in [0, 0.05) is 30.2 Å². The maximum absolute atomic E-state index is 5.63. The molecule has 1 aromatic heterocycles. The minimum absolute atomic E-state index is 0.240. The Kier molecular flexibility index (Phi) is 4.78. The van der Waals surface area contributed by atoms with Crippen molar-refractivity contribution < 1.29 is 4.74 Å². The van der Waals surface area contributed by atoms with E-state index in [9.17, 15) is 0 Å². The van der Waals surface area contributed by atoms with Crippen molar-refractivity contribution in [2.24, 2.45) is 0 Å². The molecule has 1 heterocycles. The quantitative estimate of drug-likeness (QED) is 0.846. The van der Waals surface area contributed by atoms with E-state index in [-0.39, 0.29) is 6.04 Å². The van der Waals surface area contributed by atoms with Crippen LogP contribution in [-0.2, 0) is 0 Å². The smallest absolute Gasteiger partial charge is 0.121 e. The van der Waals surface area contributed by atoms with Crippen molar-refractivity contribution in [1.82, 2.24) is 4.98 Å². The van der Waals surface area contributed by atoms with Gasteiger partial charge < -0.3 is 10.1 Å². The van der Waals surface area contributed by atoms with Crippen LogP contribution in [0, 0.1) is 0 Å². The lowest BCUT2D eigenvalue weighted by Gasteiger charge is -2.16. The first-order chi connectivity index (χ1) is 9.29. The molecule has 0 bridgehead atoms. The number of rotatable bonds is 6. The summed E-state index contributed by atoms with van der Waals surface area (Å²) in [5, 5.41) is 3.47. The minimum Gasteiger partial charge on any atom is -0.494 e. The second kappa shape index (κ2) is 6.78. The van der Waals surface area contributed by atoms with Crippen LogP contribution in [0.25, 0.3) is 0 Å². The van der Waals surface area contributed by atoms with E-state index in [0.717, 1.165) is 24.5 Å². The van der Waals surface area contributed by atoms with Gasteiger partial charge in [0.15, 0.2) is 0 Å². The summed E-state index contributed by atoms with van der Waals surface area (Å²) >= 11 is 0. The Morgan fingerprint density at radius 2 is 2.00 bits per heavy atom. The molecule has 3 heteroatoms. The normalized spacial score (nSPS) is 11.9. The average molecular weight is 256 g/mol. The van der Waals surface area contributed by atoms with E-state index >= 15 is 0 Å². The molecule has 0 saturated heterocycles. The van der Waals surface area contributed by atoms with Crippen molar-refractivity contribution in [2.45, 2.75) is 26.3 Å². The van der Waals surface area contributed by atoms with Crippen LogP contribution in [0.1, 0.15) is 31.9 Å². The van der Waals surface area contributed by atoms with E-state index in [1.54, 1.807) is 0 Å². The van der Waals surface area contributed by atoms with Crippen LogP contribution in [0.15, 0.2) is 48.8 Å². The zero-order valence-corrected chi connectivity index (χ0v) is 11.5. The molecule has 19 heavy (non-hydrogen) atoms. The van der Waals surface area contributed by atoms with Gasteiger partial charge in [0.05, 0.1) is 6.61 Å². The predicted octanol–water partition coefficient (Wildman–Crippen LogP) is 4.04. The molecule has 1 N–H and O–H groups in total. The summed E-state index contributed by atoms with van der Waals surface area (Å²) < 4.78 is 5.63. The van der Waals surface area contributed by atoms with Gasteiger partial charge in [-0.2, -0.15) is 0 Å². The molecule has 0 spiro atoms. The number of pyridine rings is 1. The summed E-state index contributed by atoms with van der Waals surface area (Å²) in [6, 6.07) is 12.4. The van der Waals surface area contributed by atoms with Crippen molar-refractivity contribution in [1.29, 1.82) is 0 Å². The SMILES string of the molecule is CCCOc1cccc(NC(C)c2ccncc2)c1. The monoisotopic (exact) mass is 256 g/mol. The minimum atomic E-state index is 0.240. The van der Waals surface area contributed by atoms with E-state index in [1.165, 1.54) is 5.56 Å². The summed E-state index contributed by atoms with van der Waals surface area (Å²) in [4.78, 5) is 4.03. The molecule has 0 saturated carbocycles. The predicted molar refractivity (Wildman–Crippen MR) is 78.5 cm³/mol. The molecule has 1 atom stereocenters. The first-order valence-corrected chi connectivity index (χ1v) is 6.69. The molecule has 0 amide bonds. The molecule has 1 unspecified atom stereocenters. The number of ether oxygens (including phenoxy) is 1. The zero-order chi connectivity index (χ0) is 13.5. The van der Waals surface area contributed by atoms with Crippen LogP contribution < -0.4 is 10.1 Å². The Labute approximate surface area is 114 Å². The highest BCUT2D eigenvalue weighted by Gasteiger charge is 2.05. The van der Waals surface area contributed by atoms with Crippen molar-refractivity contribution in [3.63, 3.8) is 0 Å². The van der Waals surface area contributed by atoms with Gasteiger partial charge in [-0.15, -0.1) is 0 Å². The van der Waals surface area contributed by atoms with Gasteiger partial charge in [-0.1, -0.05) is 13.0 Å². The third kappa shape index (κ3) is 3.98. The van der Waals surface area contributed by atoms with Gasteiger partial charge in [-0.25, -0.2) is 0 Å². The zero-order valence-electron chi connectivity index (χ0n) is 11.5. The topological polar surface area (TPSA) is 34.1 Å². The summed E-state index contributed by atoms with van der Waals surface area (Å²) in [7, 11) is 0. The number of anilines is 1. The molecule has 2 rings (SSSR count). The standard InChI is InChI=1S/C16H20N2O/c1-3-11-19-16-6-4-5-15(12-16)18-13(2)14-7-9-17-10-8-14/h4-10,12-13,18H,3,11H2,1-2H3. The molecular formula is C16H20N2O. The highest BCUT2D eigenvalue weighted by atomic mass is 16.5. The van der Waals surface area contributed by atoms with Crippen LogP contribution in [-0.4, -0.2) is 11.6 Å². The first-order valence-electron chi connectivity index (χ1n) is 6.69. The molecule has 0 fully saturated rings. The number of hydrogen-bond donors (Lipinski definition) is 1. The van der Waals surface area contributed by atoms with Crippen LogP contribution in [0.3, 0.4) is 0 Å². The Morgan fingerprint density at radius 1 is 1.21 bits per heavy atom. The lowest BCUT2D eigenvalue weighted by molar-refractivity contribution is 0.317.